The van der Waals surface area contributed by atoms with Crippen molar-refractivity contribution in [2.45, 2.75) is 6.61 Å². The van der Waals surface area contributed by atoms with Gasteiger partial charge in [-0.05, 0) is 11.6 Å². The van der Waals surface area contributed by atoms with Crippen LogP contribution in [0.3, 0.4) is 0 Å². The van der Waals surface area contributed by atoms with Crippen LogP contribution in [0, 0.1) is 0 Å². The van der Waals surface area contributed by atoms with E-state index in [4.69, 9.17) is 21.6 Å². The Morgan fingerprint density at radius 2 is 2.00 bits per heavy atom. The predicted octanol–water partition coefficient (Wildman–Crippen LogP) is -2.06. The molecule has 0 heterocycles. The first-order valence-electron chi connectivity index (χ1n) is 3.41. The van der Waals surface area contributed by atoms with Gasteiger partial charge in [-0.3, -0.25) is 0 Å². The normalized spacial score (nSPS) is 9.15. The molecule has 0 bridgehead atoms. The van der Waals surface area contributed by atoms with Crippen LogP contribution in [0.2, 0.25) is 5.02 Å². The predicted molar refractivity (Wildman–Crippen MR) is 47.5 cm³/mol. The Kier molecular flexibility index (Phi) is 7.08. The molecule has 0 aliphatic carbocycles. The molecule has 3 nitrogen and oxygen atoms in total. The van der Waals surface area contributed by atoms with Crippen molar-refractivity contribution >= 4 is 18.9 Å². The number of hydrogen-bond acceptors (Lipinski definition) is 3. The summed E-state index contributed by atoms with van der Waals surface area (Å²) in [6.07, 6.45) is 0. The van der Waals surface area contributed by atoms with Gasteiger partial charge in [0.15, 0.2) is 0 Å². The second kappa shape index (κ2) is 6.84. The fourth-order valence-electron chi connectivity index (χ4n) is 0.780. The van der Waals surface area contributed by atoms with Crippen molar-refractivity contribution in [3.05, 3.63) is 34.9 Å². The van der Waals surface area contributed by atoms with Gasteiger partial charge in [0.25, 0.3) is 0 Å². The number of hydrogen-bond donors (Lipinski definition) is 2. The summed E-state index contributed by atoms with van der Waals surface area (Å²) in [7, 11) is -1.75. The fourth-order valence-corrected chi connectivity index (χ4v) is 0.970. The minimum Gasteiger partial charge on any atom is -1.00 e. The number of benzene rings is 1. The Hall–Kier alpha value is 0.455. The molecule has 0 fully saturated rings. The molecule has 6 heteroatoms. The zero-order valence-corrected chi connectivity index (χ0v) is 10.0. The molecule has 0 saturated heterocycles. The third-order valence-electron chi connectivity index (χ3n) is 1.35. The van der Waals surface area contributed by atoms with Crippen LogP contribution in [-0.2, 0) is 11.3 Å². The fraction of sp³-hybridized carbons (Fsp3) is 0.143. The van der Waals surface area contributed by atoms with E-state index in [2.05, 4.69) is 4.65 Å². The molecule has 0 radical (unpaired) electrons. The molecular weight excluding hydrogens is 201 g/mol. The van der Waals surface area contributed by atoms with Crippen LogP contribution in [-0.4, -0.2) is 17.4 Å². The maximum Gasteiger partial charge on any atom is 1.00 e. The molecule has 1 rings (SSSR count). The van der Waals surface area contributed by atoms with Gasteiger partial charge in [-0.2, -0.15) is 0 Å². The summed E-state index contributed by atoms with van der Waals surface area (Å²) in [4.78, 5) is 0. The minimum absolute atomic E-state index is 0. The third-order valence-corrected chi connectivity index (χ3v) is 1.71. The Morgan fingerprint density at radius 1 is 1.38 bits per heavy atom. The van der Waals surface area contributed by atoms with Crippen LogP contribution in [0.4, 0.5) is 0 Å². The van der Waals surface area contributed by atoms with E-state index in [0.29, 0.717) is 5.02 Å². The monoisotopic (exact) mass is 210 g/mol. The molecule has 0 atom stereocenters. The molecular formula is C7H9BClNaO3. The van der Waals surface area contributed by atoms with Gasteiger partial charge in [0, 0.05) is 5.02 Å². The van der Waals surface area contributed by atoms with Gasteiger partial charge in [0.2, 0.25) is 0 Å². The van der Waals surface area contributed by atoms with Crippen LogP contribution in [0.15, 0.2) is 24.3 Å². The van der Waals surface area contributed by atoms with Crippen LogP contribution in [0.1, 0.15) is 6.99 Å². The second-order valence-electron chi connectivity index (χ2n) is 2.23. The van der Waals surface area contributed by atoms with Gasteiger partial charge in [-0.25, -0.2) is 0 Å². The van der Waals surface area contributed by atoms with Gasteiger partial charge in [0.05, 0.1) is 6.61 Å². The minimum atomic E-state index is -1.75. The van der Waals surface area contributed by atoms with E-state index in [-0.39, 0.29) is 37.6 Å². The average Bonchev–Trinajstić information content (AvgIpc) is 2.03. The zero-order chi connectivity index (χ0) is 8.97. The van der Waals surface area contributed by atoms with Gasteiger partial charge < -0.3 is 16.1 Å². The summed E-state index contributed by atoms with van der Waals surface area (Å²) < 4.78 is 4.54. The molecule has 0 spiro atoms. The first kappa shape index (κ1) is 13.5. The van der Waals surface area contributed by atoms with Crippen LogP contribution in [0.5, 0.6) is 0 Å². The number of rotatable bonds is 3. The molecule has 0 aromatic heterocycles. The summed E-state index contributed by atoms with van der Waals surface area (Å²) >= 11 is 5.76. The molecule has 0 aliphatic rings. The summed E-state index contributed by atoms with van der Waals surface area (Å²) in [5.41, 5.74) is 0.729. The van der Waals surface area contributed by atoms with Crippen molar-refractivity contribution in [3.63, 3.8) is 0 Å². The van der Waals surface area contributed by atoms with E-state index in [1.165, 1.54) is 0 Å². The Balaban J connectivity index is 0. The summed E-state index contributed by atoms with van der Waals surface area (Å²) in [6, 6.07) is 7.06. The van der Waals surface area contributed by atoms with Crippen LogP contribution < -0.4 is 29.6 Å². The van der Waals surface area contributed by atoms with Crippen molar-refractivity contribution < 1.29 is 45.7 Å². The quantitative estimate of drug-likeness (QED) is 0.564. The van der Waals surface area contributed by atoms with E-state index in [1.807, 2.05) is 0 Å². The van der Waals surface area contributed by atoms with E-state index < -0.39 is 7.32 Å². The first-order valence-corrected chi connectivity index (χ1v) is 3.79. The summed E-state index contributed by atoms with van der Waals surface area (Å²) in [5, 5.41) is 17.3. The number of halogens is 1. The average molecular weight is 210 g/mol. The van der Waals surface area contributed by atoms with Crippen LogP contribution >= 0.6 is 11.6 Å². The van der Waals surface area contributed by atoms with Gasteiger partial charge in [0.1, 0.15) is 0 Å². The molecule has 2 N–H and O–H groups in total. The van der Waals surface area contributed by atoms with Crippen molar-refractivity contribution in [2.24, 2.45) is 0 Å². The van der Waals surface area contributed by atoms with Gasteiger partial charge in [-0.1, -0.05) is 29.8 Å². The van der Waals surface area contributed by atoms with Crippen LogP contribution in [0.25, 0.3) is 0 Å². The van der Waals surface area contributed by atoms with Crippen molar-refractivity contribution in [2.75, 3.05) is 0 Å². The molecule has 0 aliphatic heterocycles. The topological polar surface area (TPSA) is 49.7 Å². The standard InChI is InChI=1S/C7H8BClO3.Na.H/c9-7-4-2-1-3-6(7)5-12-8(10)11;;/h1-4,10-11H,5H2;;/q;+1;-1. The van der Waals surface area contributed by atoms with E-state index in [9.17, 15) is 0 Å². The first-order chi connectivity index (χ1) is 5.70. The van der Waals surface area contributed by atoms with E-state index in [1.54, 1.807) is 24.3 Å². The van der Waals surface area contributed by atoms with Crippen molar-refractivity contribution in [3.8, 4) is 0 Å². The summed E-state index contributed by atoms with van der Waals surface area (Å²) in [5.74, 6) is 0. The molecule has 0 saturated carbocycles. The van der Waals surface area contributed by atoms with Gasteiger partial charge >= 0.3 is 36.9 Å². The van der Waals surface area contributed by atoms with Crippen molar-refractivity contribution in [1.82, 2.24) is 0 Å². The van der Waals surface area contributed by atoms with Gasteiger partial charge in [-0.15, -0.1) is 0 Å². The molecule has 1 aromatic rings. The van der Waals surface area contributed by atoms with Crippen molar-refractivity contribution in [1.29, 1.82) is 0 Å². The molecule has 0 amide bonds. The third kappa shape index (κ3) is 5.03. The molecule has 0 unspecified atom stereocenters. The Labute approximate surface area is 106 Å². The zero-order valence-electron chi connectivity index (χ0n) is 8.27. The largest absolute Gasteiger partial charge is 1.00 e. The smallest absolute Gasteiger partial charge is 1.00 e. The maximum absolute atomic E-state index is 8.39. The maximum atomic E-state index is 8.39. The Morgan fingerprint density at radius 3 is 2.54 bits per heavy atom. The molecule has 66 valence electrons. The van der Waals surface area contributed by atoms with E-state index in [0.717, 1.165) is 5.56 Å². The molecule has 1 aromatic carbocycles. The molecule has 13 heavy (non-hydrogen) atoms. The Bertz CT molecular complexity index is 264. The van der Waals surface area contributed by atoms with E-state index >= 15 is 0 Å². The SMILES string of the molecule is OB(O)OCc1ccccc1Cl.[H-].[Na+]. The second-order valence-corrected chi connectivity index (χ2v) is 2.64. The summed E-state index contributed by atoms with van der Waals surface area (Å²) in [6.45, 7) is 0.0946.